The van der Waals surface area contributed by atoms with Gasteiger partial charge >= 0.3 is 0 Å². The molecule has 1 N–H and O–H groups in total. The number of ether oxygens (including phenoxy) is 3. The molecule has 1 aromatic rings. The number of methoxy groups -OCH3 is 2. The number of rotatable bonds is 3. The first-order chi connectivity index (χ1) is 8.35. The Labute approximate surface area is 102 Å². The highest BCUT2D eigenvalue weighted by Gasteiger charge is 2.18. The van der Waals surface area contributed by atoms with Gasteiger partial charge in [-0.25, -0.2) is 0 Å². The Morgan fingerprint density at radius 3 is 2.94 bits per heavy atom. The van der Waals surface area contributed by atoms with Gasteiger partial charge in [-0.3, -0.25) is 0 Å². The zero-order chi connectivity index (χ0) is 12.1. The van der Waals surface area contributed by atoms with Gasteiger partial charge in [0.2, 0.25) is 0 Å². The standard InChI is InChI=1S/C13H19NO3/c1-15-11-3-4-12(13(7-11)16-2)10-8-14-5-6-17-9-10/h3-4,7,10,14H,5-6,8-9H2,1-2H3. The average Bonchev–Trinajstić information content (AvgIpc) is 2.66. The van der Waals surface area contributed by atoms with Crippen LogP contribution >= 0.6 is 0 Å². The Balaban J connectivity index is 2.23. The lowest BCUT2D eigenvalue weighted by molar-refractivity contribution is 0.140. The van der Waals surface area contributed by atoms with E-state index in [0.29, 0.717) is 5.92 Å². The van der Waals surface area contributed by atoms with Crippen molar-refractivity contribution in [1.29, 1.82) is 0 Å². The molecule has 2 rings (SSSR count). The molecule has 1 unspecified atom stereocenters. The summed E-state index contributed by atoms with van der Waals surface area (Å²) >= 11 is 0. The summed E-state index contributed by atoms with van der Waals surface area (Å²) < 4.78 is 16.2. The maximum atomic E-state index is 5.57. The maximum Gasteiger partial charge on any atom is 0.126 e. The Bertz CT molecular complexity index is 360. The molecule has 94 valence electrons. The van der Waals surface area contributed by atoms with Crippen LogP contribution in [0, 0.1) is 0 Å². The predicted molar refractivity (Wildman–Crippen MR) is 66.0 cm³/mol. The third kappa shape index (κ3) is 2.90. The third-order valence-electron chi connectivity index (χ3n) is 3.01. The first kappa shape index (κ1) is 12.2. The zero-order valence-corrected chi connectivity index (χ0v) is 10.4. The topological polar surface area (TPSA) is 39.7 Å². The summed E-state index contributed by atoms with van der Waals surface area (Å²) in [5.41, 5.74) is 1.17. The van der Waals surface area contributed by atoms with Gasteiger partial charge in [-0.05, 0) is 6.07 Å². The summed E-state index contributed by atoms with van der Waals surface area (Å²) in [6.45, 7) is 3.34. The summed E-state index contributed by atoms with van der Waals surface area (Å²) in [7, 11) is 3.34. The van der Waals surface area contributed by atoms with E-state index >= 15 is 0 Å². The van der Waals surface area contributed by atoms with Crippen molar-refractivity contribution in [2.24, 2.45) is 0 Å². The molecule has 1 saturated heterocycles. The van der Waals surface area contributed by atoms with Crippen LogP contribution in [0.4, 0.5) is 0 Å². The van der Waals surface area contributed by atoms with Crippen LogP contribution in [0.1, 0.15) is 11.5 Å². The molecule has 1 heterocycles. The second kappa shape index (κ2) is 5.89. The summed E-state index contributed by atoms with van der Waals surface area (Å²) in [5.74, 6) is 2.01. The van der Waals surface area contributed by atoms with Crippen LogP contribution in [0.3, 0.4) is 0 Å². The van der Waals surface area contributed by atoms with E-state index in [0.717, 1.165) is 37.8 Å². The summed E-state index contributed by atoms with van der Waals surface area (Å²) in [6.07, 6.45) is 0. The van der Waals surface area contributed by atoms with Gasteiger partial charge in [0.05, 0.1) is 27.4 Å². The fourth-order valence-corrected chi connectivity index (χ4v) is 2.06. The first-order valence-corrected chi connectivity index (χ1v) is 5.85. The van der Waals surface area contributed by atoms with Crippen molar-refractivity contribution in [2.75, 3.05) is 40.5 Å². The van der Waals surface area contributed by atoms with Gasteiger partial charge in [0, 0.05) is 30.6 Å². The molecule has 4 heteroatoms. The molecule has 1 atom stereocenters. The Morgan fingerprint density at radius 1 is 1.29 bits per heavy atom. The van der Waals surface area contributed by atoms with Crippen molar-refractivity contribution >= 4 is 0 Å². The third-order valence-corrected chi connectivity index (χ3v) is 3.01. The molecular weight excluding hydrogens is 218 g/mol. The fourth-order valence-electron chi connectivity index (χ4n) is 2.06. The molecule has 0 spiro atoms. The van der Waals surface area contributed by atoms with Gasteiger partial charge < -0.3 is 19.5 Å². The number of nitrogens with one attached hydrogen (secondary N) is 1. The summed E-state index contributed by atoms with van der Waals surface area (Å²) in [6, 6.07) is 5.93. The first-order valence-electron chi connectivity index (χ1n) is 5.85. The molecule has 0 bridgehead atoms. The van der Waals surface area contributed by atoms with Crippen LogP contribution in [-0.4, -0.2) is 40.5 Å². The lowest BCUT2D eigenvalue weighted by atomic mass is 9.98. The second-order valence-electron chi connectivity index (χ2n) is 4.08. The normalized spacial score (nSPS) is 20.7. The Morgan fingerprint density at radius 2 is 2.18 bits per heavy atom. The summed E-state index contributed by atoms with van der Waals surface area (Å²) in [4.78, 5) is 0. The highest BCUT2D eigenvalue weighted by molar-refractivity contribution is 5.43. The average molecular weight is 237 g/mol. The maximum absolute atomic E-state index is 5.57. The van der Waals surface area contributed by atoms with Gasteiger partial charge in [-0.15, -0.1) is 0 Å². The molecule has 0 saturated carbocycles. The van der Waals surface area contributed by atoms with Crippen LogP contribution in [0.15, 0.2) is 18.2 Å². The summed E-state index contributed by atoms with van der Waals surface area (Å²) in [5, 5.41) is 3.36. The van der Waals surface area contributed by atoms with E-state index in [9.17, 15) is 0 Å². The quantitative estimate of drug-likeness (QED) is 0.862. The lowest BCUT2D eigenvalue weighted by Crippen LogP contribution is -2.21. The van der Waals surface area contributed by atoms with Gasteiger partial charge in [0.1, 0.15) is 11.5 Å². The molecule has 4 nitrogen and oxygen atoms in total. The predicted octanol–water partition coefficient (Wildman–Crippen LogP) is 1.41. The highest BCUT2D eigenvalue weighted by atomic mass is 16.5. The van der Waals surface area contributed by atoms with E-state index in [1.807, 2.05) is 12.1 Å². The van der Waals surface area contributed by atoms with Crippen LogP contribution in [0.25, 0.3) is 0 Å². The van der Waals surface area contributed by atoms with E-state index in [2.05, 4.69) is 11.4 Å². The molecule has 0 aromatic heterocycles. The highest BCUT2D eigenvalue weighted by Crippen LogP contribution is 2.30. The number of hydrogen-bond donors (Lipinski definition) is 1. The van der Waals surface area contributed by atoms with E-state index < -0.39 is 0 Å². The van der Waals surface area contributed by atoms with Crippen molar-refractivity contribution in [3.8, 4) is 11.5 Å². The van der Waals surface area contributed by atoms with Crippen LogP contribution in [0.2, 0.25) is 0 Å². The zero-order valence-electron chi connectivity index (χ0n) is 10.4. The number of benzene rings is 1. The van der Waals surface area contributed by atoms with Gasteiger partial charge in [0.25, 0.3) is 0 Å². The molecular formula is C13H19NO3. The van der Waals surface area contributed by atoms with Gasteiger partial charge in [0.15, 0.2) is 0 Å². The molecule has 1 aromatic carbocycles. The van der Waals surface area contributed by atoms with E-state index in [-0.39, 0.29) is 0 Å². The minimum Gasteiger partial charge on any atom is -0.497 e. The largest absolute Gasteiger partial charge is 0.497 e. The van der Waals surface area contributed by atoms with Crippen molar-refractivity contribution < 1.29 is 14.2 Å². The molecule has 17 heavy (non-hydrogen) atoms. The molecule has 0 radical (unpaired) electrons. The van der Waals surface area contributed by atoms with Crippen LogP contribution in [0.5, 0.6) is 11.5 Å². The molecule has 1 aliphatic heterocycles. The molecule has 0 amide bonds. The van der Waals surface area contributed by atoms with Crippen molar-refractivity contribution in [3.63, 3.8) is 0 Å². The monoisotopic (exact) mass is 237 g/mol. The lowest BCUT2D eigenvalue weighted by Gasteiger charge is -2.18. The van der Waals surface area contributed by atoms with E-state index in [4.69, 9.17) is 14.2 Å². The Kier molecular flexibility index (Phi) is 4.23. The van der Waals surface area contributed by atoms with Crippen molar-refractivity contribution in [3.05, 3.63) is 23.8 Å². The van der Waals surface area contributed by atoms with E-state index in [1.54, 1.807) is 14.2 Å². The van der Waals surface area contributed by atoms with Gasteiger partial charge in [-0.1, -0.05) is 6.07 Å². The minimum atomic E-state index is 0.332. The smallest absolute Gasteiger partial charge is 0.126 e. The van der Waals surface area contributed by atoms with Crippen molar-refractivity contribution in [2.45, 2.75) is 5.92 Å². The minimum absolute atomic E-state index is 0.332. The van der Waals surface area contributed by atoms with Gasteiger partial charge in [-0.2, -0.15) is 0 Å². The Hall–Kier alpha value is -1.26. The van der Waals surface area contributed by atoms with Crippen molar-refractivity contribution in [1.82, 2.24) is 5.32 Å². The molecule has 0 aliphatic carbocycles. The second-order valence-corrected chi connectivity index (χ2v) is 4.08. The van der Waals surface area contributed by atoms with Crippen LogP contribution in [-0.2, 0) is 4.74 Å². The van der Waals surface area contributed by atoms with E-state index in [1.165, 1.54) is 5.56 Å². The fraction of sp³-hybridized carbons (Fsp3) is 0.538. The van der Waals surface area contributed by atoms with Crippen LogP contribution < -0.4 is 14.8 Å². The number of hydrogen-bond acceptors (Lipinski definition) is 4. The molecule has 1 fully saturated rings. The molecule has 1 aliphatic rings. The SMILES string of the molecule is COc1ccc(C2CNCCOC2)c(OC)c1.